The third-order valence-electron chi connectivity index (χ3n) is 4.35. The van der Waals surface area contributed by atoms with Crippen LogP contribution >= 0.6 is 11.3 Å². The van der Waals surface area contributed by atoms with Crippen molar-refractivity contribution in [3.05, 3.63) is 35.3 Å². The summed E-state index contributed by atoms with van der Waals surface area (Å²) in [5.41, 5.74) is 1.54. The molecule has 8 nitrogen and oxygen atoms in total. The Hall–Kier alpha value is -2.94. The second-order valence-corrected chi connectivity index (χ2v) is 8.63. The molecule has 3 heterocycles. The summed E-state index contributed by atoms with van der Waals surface area (Å²) in [5, 5.41) is 9.31. The number of aromatic nitrogens is 3. The van der Waals surface area contributed by atoms with Gasteiger partial charge in [0.1, 0.15) is 0 Å². The summed E-state index contributed by atoms with van der Waals surface area (Å²) in [4.78, 5) is 21.1. The standard InChI is InChI=1S/C20H22N4O4S/c1-20(2,3)18-23-17(28-24-18)6-4-5-16(25)22-19-21-13(10-29-19)12-7-8-14-15(9-12)27-11-26-14/h7-10H,4-6,11H2,1-3H3,(H,21,22,25). The van der Waals surface area contributed by atoms with E-state index in [0.717, 1.165) is 17.0 Å². The molecule has 1 aliphatic heterocycles. The summed E-state index contributed by atoms with van der Waals surface area (Å²) >= 11 is 1.39. The lowest BCUT2D eigenvalue weighted by molar-refractivity contribution is -0.116. The zero-order chi connectivity index (χ0) is 20.4. The molecule has 4 rings (SSSR count). The Balaban J connectivity index is 1.29. The van der Waals surface area contributed by atoms with Crippen molar-refractivity contribution in [2.24, 2.45) is 0 Å². The molecule has 1 amide bonds. The van der Waals surface area contributed by atoms with Gasteiger partial charge in [-0.2, -0.15) is 4.98 Å². The fourth-order valence-corrected chi connectivity index (χ4v) is 3.50. The molecule has 0 fully saturated rings. The van der Waals surface area contributed by atoms with Crippen molar-refractivity contribution in [2.45, 2.75) is 45.4 Å². The molecule has 9 heteroatoms. The maximum absolute atomic E-state index is 12.2. The van der Waals surface area contributed by atoms with Crippen LogP contribution in [0.5, 0.6) is 11.5 Å². The zero-order valence-electron chi connectivity index (χ0n) is 16.5. The SMILES string of the molecule is CC(C)(C)c1noc(CCCC(=O)Nc2nc(-c3ccc4c(c3)OCO4)cs2)n1. The van der Waals surface area contributed by atoms with Gasteiger partial charge in [0.05, 0.1) is 5.69 Å². The van der Waals surface area contributed by atoms with E-state index in [1.807, 2.05) is 44.4 Å². The number of hydrogen-bond acceptors (Lipinski definition) is 8. The molecule has 0 aliphatic carbocycles. The number of nitrogens with one attached hydrogen (secondary N) is 1. The van der Waals surface area contributed by atoms with E-state index >= 15 is 0 Å². The van der Waals surface area contributed by atoms with Gasteiger partial charge in [0.15, 0.2) is 22.5 Å². The largest absolute Gasteiger partial charge is 0.454 e. The molecule has 0 saturated carbocycles. The van der Waals surface area contributed by atoms with Crippen LogP contribution in [0.15, 0.2) is 28.1 Å². The molecule has 1 N–H and O–H groups in total. The number of aryl methyl sites for hydroxylation is 1. The van der Waals surface area contributed by atoms with E-state index in [1.54, 1.807) is 0 Å². The Bertz CT molecular complexity index is 1020. The van der Waals surface area contributed by atoms with Crippen molar-refractivity contribution < 1.29 is 18.8 Å². The maximum atomic E-state index is 12.2. The lowest BCUT2D eigenvalue weighted by Gasteiger charge is -2.10. The van der Waals surface area contributed by atoms with Crippen molar-refractivity contribution in [2.75, 3.05) is 12.1 Å². The van der Waals surface area contributed by atoms with Crippen molar-refractivity contribution >= 4 is 22.4 Å². The molecule has 1 aromatic carbocycles. The normalized spacial score (nSPS) is 12.9. The summed E-state index contributed by atoms with van der Waals surface area (Å²) in [5.74, 6) is 2.58. The minimum Gasteiger partial charge on any atom is -0.454 e. The Morgan fingerprint density at radius 3 is 2.83 bits per heavy atom. The molecular weight excluding hydrogens is 392 g/mol. The van der Waals surface area contributed by atoms with E-state index in [4.69, 9.17) is 14.0 Å². The van der Waals surface area contributed by atoms with Gasteiger partial charge in [0, 0.05) is 29.2 Å². The number of ether oxygens (including phenoxy) is 2. The van der Waals surface area contributed by atoms with Gasteiger partial charge in [-0.15, -0.1) is 11.3 Å². The molecule has 29 heavy (non-hydrogen) atoms. The molecule has 0 spiro atoms. The van der Waals surface area contributed by atoms with Crippen LogP contribution in [0.4, 0.5) is 5.13 Å². The van der Waals surface area contributed by atoms with Crippen molar-refractivity contribution in [1.82, 2.24) is 15.1 Å². The second-order valence-electron chi connectivity index (χ2n) is 7.77. The highest BCUT2D eigenvalue weighted by molar-refractivity contribution is 7.14. The average Bonchev–Trinajstić information content (AvgIpc) is 3.41. The van der Waals surface area contributed by atoms with Crippen molar-refractivity contribution in [3.8, 4) is 22.8 Å². The van der Waals surface area contributed by atoms with Gasteiger partial charge in [-0.3, -0.25) is 4.79 Å². The van der Waals surface area contributed by atoms with Crippen LogP contribution in [0, 0.1) is 0 Å². The van der Waals surface area contributed by atoms with Gasteiger partial charge >= 0.3 is 0 Å². The number of rotatable bonds is 6. The number of carbonyl (C=O) groups excluding carboxylic acids is 1. The summed E-state index contributed by atoms with van der Waals surface area (Å²) in [6, 6.07) is 5.67. The Morgan fingerprint density at radius 1 is 1.21 bits per heavy atom. The van der Waals surface area contributed by atoms with E-state index < -0.39 is 0 Å². The zero-order valence-corrected chi connectivity index (χ0v) is 17.3. The van der Waals surface area contributed by atoms with Gasteiger partial charge in [0.25, 0.3) is 0 Å². The smallest absolute Gasteiger partial charge is 0.231 e. The van der Waals surface area contributed by atoms with Gasteiger partial charge in [-0.05, 0) is 24.6 Å². The fourth-order valence-electron chi connectivity index (χ4n) is 2.76. The Kier molecular flexibility index (Phi) is 5.23. The second kappa shape index (κ2) is 7.82. The minimum absolute atomic E-state index is 0.0906. The van der Waals surface area contributed by atoms with Crippen LogP contribution in [-0.4, -0.2) is 27.8 Å². The molecular formula is C20H22N4O4S. The molecule has 0 radical (unpaired) electrons. The first kappa shape index (κ1) is 19.4. The number of nitrogens with zero attached hydrogens (tertiary/aromatic N) is 3. The number of hydrogen-bond donors (Lipinski definition) is 1. The molecule has 3 aromatic rings. The first-order valence-electron chi connectivity index (χ1n) is 9.37. The van der Waals surface area contributed by atoms with Crippen molar-refractivity contribution in [1.29, 1.82) is 0 Å². The number of carbonyl (C=O) groups is 1. The lowest BCUT2D eigenvalue weighted by atomic mass is 9.96. The predicted molar refractivity (Wildman–Crippen MR) is 108 cm³/mol. The van der Waals surface area contributed by atoms with E-state index in [9.17, 15) is 4.79 Å². The number of amides is 1. The van der Waals surface area contributed by atoms with E-state index in [-0.39, 0.29) is 18.1 Å². The highest BCUT2D eigenvalue weighted by Crippen LogP contribution is 2.36. The van der Waals surface area contributed by atoms with Gasteiger partial charge in [-0.25, -0.2) is 4.98 Å². The van der Waals surface area contributed by atoms with Crippen LogP contribution in [-0.2, 0) is 16.6 Å². The van der Waals surface area contributed by atoms with Crippen LogP contribution < -0.4 is 14.8 Å². The van der Waals surface area contributed by atoms with Crippen LogP contribution in [0.25, 0.3) is 11.3 Å². The highest BCUT2D eigenvalue weighted by Gasteiger charge is 2.21. The first-order valence-corrected chi connectivity index (χ1v) is 10.2. The van der Waals surface area contributed by atoms with Crippen LogP contribution in [0.2, 0.25) is 0 Å². The third kappa shape index (κ3) is 4.56. The monoisotopic (exact) mass is 414 g/mol. The Labute approximate surface area is 172 Å². The molecule has 0 saturated heterocycles. The fraction of sp³-hybridized carbons (Fsp3) is 0.400. The summed E-state index contributed by atoms with van der Waals surface area (Å²) in [7, 11) is 0. The van der Waals surface area contributed by atoms with E-state index in [0.29, 0.717) is 41.9 Å². The van der Waals surface area contributed by atoms with Crippen molar-refractivity contribution in [3.63, 3.8) is 0 Å². The number of thiazole rings is 1. The molecule has 1 aliphatic rings. The third-order valence-corrected chi connectivity index (χ3v) is 5.11. The predicted octanol–water partition coefficient (Wildman–Crippen LogP) is 4.18. The van der Waals surface area contributed by atoms with E-state index in [2.05, 4.69) is 20.4 Å². The summed E-state index contributed by atoms with van der Waals surface area (Å²) < 4.78 is 16.0. The summed E-state index contributed by atoms with van der Waals surface area (Å²) in [6.07, 6.45) is 1.54. The van der Waals surface area contributed by atoms with Crippen LogP contribution in [0.1, 0.15) is 45.3 Å². The molecule has 0 bridgehead atoms. The molecule has 0 unspecified atom stereocenters. The van der Waals surface area contributed by atoms with Crippen LogP contribution in [0.3, 0.4) is 0 Å². The first-order chi connectivity index (χ1) is 13.9. The topological polar surface area (TPSA) is 99.4 Å². The lowest BCUT2D eigenvalue weighted by Crippen LogP contribution is -2.13. The number of fused-ring (bicyclic) bond motifs is 1. The molecule has 2 aromatic heterocycles. The number of benzene rings is 1. The van der Waals surface area contributed by atoms with Gasteiger partial charge < -0.3 is 19.3 Å². The maximum Gasteiger partial charge on any atom is 0.231 e. The average molecular weight is 414 g/mol. The molecule has 152 valence electrons. The van der Waals surface area contributed by atoms with Gasteiger partial charge in [-0.1, -0.05) is 25.9 Å². The van der Waals surface area contributed by atoms with E-state index in [1.165, 1.54) is 11.3 Å². The molecule has 0 atom stereocenters. The quantitative estimate of drug-likeness (QED) is 0.646. The minimum atomic E-state index is -0.153. The Morgan fingerprint density at radius 2 is 2.03 bits per heavy atom. The number of anilines is 1. The highest BCUT2D eigenvalue weighted by atomic mass is 32.1. The van der Waals surface area contributed by atoms with Gasteiger partial charge in [0.2, 0.25) is 18.6 Å². The summed E-state index contributed by atoms with van der Waals surface area (Å²) in [6.45, 7) is 6.32.